The molecule has 3 heterocycles. The lowest BCUT2D eigenvalue weighted by atomic mass is 9.93. The predicted molar refractivity (Wildman–Crippen MR) is 141 cm³/mol. The zero-order valence-corrected chi connectivity index (χ0v) is 21.1. The minimum Gasteiger partial charge on any atom is -0.497 e. The second-order valence-corrected chi connectivity index (χ2v) is 10.9. The number of aromatic nitrogens is 2. The van der Waals surface area contributed by atoms with Crippen molar-refractivity contribution in [3.63, 3.8) is 0 Å². The Morgan fingerprint density at radius 1 is 1.11 bits per heavy atom. The largest absolute Gasteiger partial charge is 0.497 e. The van der Waals surface area contributed by atoms with Crippen LogP contribution in [0.25, 0.3) is 10.2 Å². The first-order chi connectivity index (χ1) is 17.1. The lowest BCUT2D eigenvalue weighted by Gasteiger charge is -2.36. The highest BCUT2D eigenvalue weighted by Gasteiger charge is 2.35. The van der Waals surface area contributed by atoms with Gasteiger partial charge in [-0.05, 0) is 67.3 Å². The van der Waals surface area contributed by atoms with E-state index in [0.717, 1.165) is 63.5 Å². The summed E-state index contributed by atoms with van der Waals surface area (Å²) in [7, 11) is 1.68. The number of piperazine rings is 1. The molecule has 8 heteroatoms. The van der Waals surface area contributed by atoms with Crippen LogP contribution in [0.2, 0.25) is 0 Å². The number of hydrogen-bond donors (Lipinski definition) is 1. The van der Waals surface area contributed by atoms with Crippen molar-refractivity contribution in [3.8, 4) is 5.75 Å². The van der Waals surface area contributed by atoms with Gasteiger partial charge in [0.05, 0.1) is 17.4 Å². The summed E-state index contributed by atoms with van der Waals surface area (Å²) in [5, 5.41) is 4.60. The first-order valence-corrected chi connectivity index (χ1v) is 13.3. The Morgan fingerprint density at radius 3 is 2.60 bits per heavy atom. The molecule has 3 aromatic rings. The maximum Gasteiger partial charge on any atom is 0.264 e. The first-order valence-electron chi connectivity index (χ1n) is 12.4. The number of aryl methyl sites for hydroxylation is 1. The lowest BCUT2D eigenvalue weighted by molar-refractivity contribution is 0.0751. The van der Waals surface area contributed by atoms with Gasteiger partial charge in [0.15, 0.2) is 0 Å². The topological polar surface area (TPSA) is 70.6 Å². The van der Waals surface area contributed by atoms with Crippen LogP contribution in [0.1, 0.15) is 28.1 Å². The Morgan fingerprint density at radius 2 is 1.91 bits per heavy atom. The average molecular weight is 490 g/mol. The molecule has 3 aliphatic rings. The Hall–Kier alpha value is -3.13. The quantitative estimate of drug-likeness (QED) is 0.511. The average Bonchev–Trinajstić information content (AvgIpc) is 3.62. The maximum absolute atomic E-state index is 13.5. The third kappa shape index (κ3) is 4.14. The molecule has 7 nitrogen and oxygen atoms in total. The number of allylic oxidation sites excluding steroid dienone is 2. The zero-order valence-electron chi connectivity index (χ0n) is 20.2. The van der Waals surface area contributed by atoms with Crippen LogP contribution in [0, 0.1) is 24.7 Å². The van der Waals surface area contributed by atoms with Crippen LogP contribution in [-0.2, 0) is 0 Å². The van der Waals surface area contributed by atoms with Crippen LogP contribution in [0.4, 0.5) is 11.5 Å². The second kappa shape index (κ2) is 9.15. The SMILES string of the molecule is COc1ccc(N2CCN(C(=O)c3sc4ncnc(NC[C@H]5C[C@@H]6C=C[C@H]5C6)c4c3C)CC2)cc1. The van der Waals surface area contributed by atoms with E-state index in [2.05, 4.69) is 44.5 Å². The molecule has 1 saturated carbocycles. The summed E-state index contributed by atoms with van der Waals surface area (Å²) in [4.78, 5) is 28.5. The number of fused-ring (bicyclic) bond motifs is 3. The van der Waals surface area contributed by atoms with E-state index in [1.54, 1.807) is 13.4 Å². The number of benzene rings is 1. The van der Waals surface area contributed by atoms with E-state index >= 15 is 0 Å². The molecular weight excluding hydrogens is 458 g/mol. The standard InChI is InChI=1S/C27H31N5O2S/c1-17-23-25(28-15-20-14-18-3-4-19(20)13-18)29-16-30-26(23)35-24(17)27(33)32-11-9-31(10-12-32)21-5-7-22(34-2)8-6-21/h3-8,16,18-20H,9-15H2,1-2H3,(H,28,29,30)/t18-,19+,20-/m1/s1. The zero-order chi connectivity index (χ0) is 23.9. The molecular formula is C27H31N5O2S. The molecule has 182 valence electrons. The van der Waals surface area contributed by atoms with E-state index in [4.69, 9.17) is 4.74 Å². The van der Waals surface area contributed by atoms with Crippen LogP contribution in [0.15, 0.2) is 42.7 Å². The molecule has 2 bridgehead atoms. The monoisotopic (exact) mass is 489 g/mol. The van der Waals surface area contributed by atoms with Gasteiger partial charge in [0.1, 0.15) is 22.7 Å². The van der Waals surface area contributed by atoms with Gasteiger partial charge in [0, 0.05) is 38.4 Å². The maximum atomic E-state index is 13.5. The predicted octanol–water partition coefficient (Wildman–Crippen LogP) is 4.59. The molecule has 3 atom stereocenters. The van der Waals surface area contributed by atoms with Crippen molar-refractivity contribution in [3.05, 3.63) is 53.2 Å². The molecule has 0 spiro atoms. The van der Waals surface area contributed by atoms with Crippen LogP contribution < -0.4 is 15.0 Å². The Kier molecular flexibility index (Phi) is 5.84. The number of nitrogens with zero attached hydrogens (tertiary/aromatic N) is 4. The molecule has 2 fully saturated rings. The van der Waals surface area contributed by atoms with Crippen molar-refractivity contribution in [2.45, 2.75) is 19.8 Å². The summed E-state index contributed by atoms with van der Waals surface area (Å²) < 4.78 is 5.26. The fourth-order valence-corrected chi connectivity index (χ4v) is 6.99. The summed E-state index contributed by atoms with van der Waals surface area (Å²) in [6.07, 6.45) is 8.94. The molecule has 1 aromatic carbocycles. The van der Waals surface area contributed by atoms with E-state index in [1.165, 1.54) is 24.2 Å². The van der Waals surface area contributed by atoms with E-state index in [-0.39, 0.29) is 5.91 Å². The summed E-state index contributed by atoms with van der Waals surface area (Å²) >= 11 is 1.49. The fraction of sp³-hybridized carbons (Fsp3) is 0.444. The van der Waals surface area contributed by atoms with Gasteiger partial charge in [-0.15, -0.1) is 11.3 Å². The highest BCUT2D eigenvalue weighted by atomic mass is 32.1. The van der Waals surface area contributed by atoms with Crippen molar-refractivity contribution in [1.29, 1.82) is 0 Å². The van der Waals surface area contributed by atoms with Gasteiger partial charge in [0.2, 0.25) is 0 Å². The van der Waals surface area contributed by atoms with E-state index < -0.39 is 0 Å². The summed E-state index contributed by atoms with van der Waals surface area (Å²) in [5.74, 6) is 3.93. The van der Waals surface area contributed by atoms with Crippen molar-refractivity contribution in [1.82, 2.24) is 14.9 Å². The van der Waals surface area contributed by atoms with Crippen LogP contribution in [0.5, 0.6) is 5.75 Å². The number of rotatable bonds is 6. The van der Waals surface area contributed by atoms with Gasteiger partial charge in [-0.1, -0.05) is 12.2 Å². The molecule has 0 radical (unpaired) electrons. The van der Waals surface area contributed by atoms with Crippen molar-refractivity contribution in [2.75, 3.05) is 50.1 Å². The number of nitrogens with one attached hydrogen (secondary N) is 1. The van der Waals surface area contributed by atoms with E-state index in [9.17, 15) is 4.79 Å². The number of carbonyl (C=O) groups excluding carboxylic acids is 1. The Bertz CT molecular complexity index is 1260. The van der Waals surface area contributed by atoms with E-state index in [1.807, 2.05) is 24.0 Å². The molecule has 1 N–H and O–H groups in total. The highest BCUT2D eigenvalue weighted by Crippen LogP contribution is 2.43. The molecule has 1 saturated heterocycles. The molecule has 0 unspecified atom stereocenters. The Labute approximate surface area is 209 Å². The third-order valence-electron chi connectivity index (χ3n) is 7.87. The number of amides is 1. The van der Waals surface area contributed by atoms with Crippen LogP contribution >= 0.6 is 11.3 Å². The van der Waals surface area contributed by atoms with Crippen molar-refractivity contribution < 1.29 is 9.53 Å². The minimum atomic E-state index is 0.101. The highest BCUT2D eigenvalue weighted by molar-refractivity contribution is 7.20. The molecule has 6 rings (SSSR count). The molecule has 2 aliphatic carbocycles. The van der Waals surface area contributed by atoms with Crippen LogP contribution in [-0.4, -0.2) is 60.6 Å². The smallest absolute Gasteiger partial charge is 0.264 e. The summed E-state index contributed by atoms with van der Waals surface area (Å²) in [6.45, 7) is 5.98. The number of thiophene rings is 1. The second-order valence-electron chi connectivity index (χ2n) is 9.86. The van der Waals surface area contributed by atoms with E-state index in [0.29, 0.717) is 24.9 Å². The van der Waals surface area contributed by atoms with Gasteiger partial charge in [0.25, 0.3) is 5.91 Å². The molecule has 1 aliphatic heterocycles. The number of hydrogen-bond acceptors (Lipinski definition) is 7. The lowest BCUT2D eigenvalue weighted by Crippen LogP contribution is -2.48. The number of ether oxygens (including phenoxy) is 1. The number of carbonyl (C=O) groups is 1. The van der Waals surface area contributed by atoms with Gasteiger partial charge >= 0.3 is 0 Å². The van der Waals surface area contributed by atoms with Crippen molar-refractivity contribution in [2.24, 2.45) is 17.8 Å². The normalized spacial score (nSPS) is 23.3. The minimum absolute atomic E-state index is 0.101. The van der Waals surface area contributed by atoms with Gasteiger partial charge in [-0.25, -0.2) is 9.97 Å². The van der Waals surface area contributed by atoms with Crippen molar-refractivity contribution >= 4 is 39.0 Å². The number of anilines is 2. The van der Waals surface area contributed by atoms with Crippen LogP contribution in [0.3, 0.4) is 0 Å². The van der Waals surface area contributed by atoms with Gasteiger partial charge in [-0.3, -0.25) is 4.79 Å². The fourth-order valence-electron chi connectivity index (χ4n) is 5.87. The first kappa shape index (κ1) is 22.3. The molecule has 1 amide bonds. The third-order valence-corrected chi connectivity index (χ3v) is 9.06. The Balaban J connectivity index is 1.15. The number of methoxy groups -OCH3 is 1. The summed E-state index contributed by atoms with van der Waals surface area (Å²) in [5.41, 5.74) is 2.15. The molecule has 2 aromatic heterocycles. The molecule has 35 heavy (non-hydrogen) atoms. The van der Waals surface area contributed by atoms with Gasteiger partial charge < -0.3 is 19.9 Å². The summed E-state index contributed by atoms with van der Waals surface area (Å²) in [6, 6.07) is 8.11. The van der Waals surface area contributed by atoms with Gasteiger partial charge in [-0.2, -0.15) is 0 Å².